The molecular weight excluding hydrogens is 508 g/mol. The lowest BCUT2D eigenvalue weighted by Gasteiger charge is -2.51. The number of piperidine rings is 1. The molecule has 0 radical (unpaired) electrons. The number of carbonyl (C=O) groups is 3. The standard InChI is InChI=1S/C32H40N2O6/c1-4-5-16-33-29(35)17-26-19-32(31(37)38-3)23(2)40-27(22-39-21-25-14-10-7-11-15-25)18-28(32)34(30(26)36)20-24-12-8-6-9-13-24/h6-15,18,23,26-27H,4-5,16-17,19-22H2,1-3H3,(H,33,35)/t23-,26+,27-,32+/m1/s1. The molecule has 0 bridgehead atoms. The first-order valence-corrected chi connectivity index (χ1v) is 14.1. The lowest BCUT2D eigenvalue weighted by molar-refractivity contribution is -0.178. The molecule has 0 unspecified atom stereocenters. The number of likely N-dealkylation sites (tertiary alicyclic amines) is 1. The van der Waals surface area contributed by atoms with Crippen molar-refractivity contribution < 1.29 is 28.6 Å². The molecule has 2 aliphatic rings. The molecule has 0 aliphatic carbocycles. The summed E-state index contributed by atoms with van der Waals surface area (Å²) in [5.41, 5.74) is 1.28. The Morgan fingerprint density at radius 3 is 2.40 bits per heavy atom. The number of nitrogens with zero attached hydrogens (tertiary/aromatic N) is 1. The second-order valence-corrected chi connectivity index (χ2v) is 10.6. The maximum atomic E-state index is 14.0. The molecule has 0 aromatic heterocycles. The zero-order valence-corrected chi connectivity index (χ0v) is 23.6. The molecule has 4 atom stereocenters. The van der Waals surface area contributed by atoms with Crippen LogP contribution in [0.5, 0.6) is 0 Å². The summed E-state index contributed by atoms with van der Waals surface area (Å²) in [6.07, 6.45) is 2.71. The summed E-state index contributed by atoms with van der Waals surface area (Å²) < 4.78 is 17.6. The van der Waals surface area contributed by atoms with Crippen molar-refractivity contribution in [1.29, 1.82) is 0 Å². The highest BCUT2D eigenvalue weighted by atomic mass is 16.5. The maximum Gasteiger partial charge on any atom is 0.320 e. The van der Waals surface area contributed by atoms with Gasteiger partial charge in [-0.25, -0.2) is 0 Å². The third-order valence-corrected chi connectivity index (χ3v) is 7.76. The molecule has 8 heteroatoms. The molecule has 0 saturated carbocycles. The van der Waals surface area contributed by atoms with Gasteiger partial charge < -0.3 is 24.4 Å². The minimum absolute atomic E-state index is 0.00377. The Bertz CT molecular complexity index is 1180. The third-order valence-electron chi connectivity index (χ3n) is 7.76. The fraction of sp³-hybridized carbons (Fsp3) is 0.469. The highest BCUT2D eigenvalue weighted by Crippen LogP contribution is 2.50. The summed E-state index contributed by atoms with van der Waals surface area (Å²) in [7, 11) is 1.35. The van der Waals surface area contributed by atoms with Crippen LogP contribution in [0.25, 0.3) is 0 Å². The highest BCUT2D eigenvalue weighted by Gasteiger charge is 2.59. The Morgan fingerprint density at radius 2 is 1.75 bits per heavy atom. The Morgan fingerprint density at radius 1 is 1.07 bits per heavy atom. The van der Waals surface area contributed by atoms with Gasteiger partial charge in [-0.15, -0.1) is 0 Å². The highest BCUT2D eigenvalue weighted by molar-refractivity contribution is 5.92. The Labute approximate surface area is 236 Å². The number of unbranched alkanes of at least 4 members (excludes halogenated alkanes) is 1. The van der Waals surface area contributed by atoms with Crippen LogP contribution in [0.4, 0.5) is 0 Å². The van der Waals surface area contributed by atoms with Gasteiger partial charge in [-0.2, -0.15) is 0 Å². The van der Waals surface area contributed by atoms with Gasteiger partial charge in [0, 0.05) is 24.6 Å². The van der Waals surface area contributed by atoms with E-state index in [1.54, 1.807) is 4.90 Å². The molecule has 40 heavy (non-hydrogen) atoms. The number of ether oxygens (including phenoxy) is 3. The Hall–Kier alpha value is -3.49. The molecule has 214 valence electrons. The first-order valence-electron chi connectivity index (χ1n) is 14.1. The van der Waals surface area contributed by atoms with Gasteiger partial charge in [-0.3, -0.25) is 14.4 Å². The van der Waals surface area contributed by atoms with Crippen molar-refractivity contribution in [1.82, 2.24) is 10.2 Å². The number of esters is 1. The number of hydrogen-bond acceptors (Lipinski definition) is 6. The van der Waals surface area contributed by atoms with Gasteiger partial charge in [-0.1, -0.05) is 74.0 Å². The van der Waals surface area contributed by atoms with Crippen molar-refractivity contribution in [2.24, 2.45) is 11.3 Å². The van der Waals surface area contributed by atoms with Crippen molar-refractivity contribution in [3.05, 3.63) is 83.6 Å². The molecule has 4 rings (SSSR count). The average Bonchev–Trinajstić information content (AvgIpc) is 2.96. The van der Waals surface area contributed by atoms with Gasteiger partial charge in [0.1, 0.15) is 11.5 Å². The summed E-state index contributed by atoms with van der Waals surface area (Å²) >= 11 is 0. The van der Waals surface area contributed by atoms with Gasteiger partial charge in [-0.05, 0) is 37.0 Å². The molecule has 1 saturated heterocycles. The van der Waals surface area contributed by atoms with E-state index in [2.05, 4.69) is 12.2 Å². The summed E-state index contributed by atoms with van der Waals surface area (Å²) in [5, 5.41) is 2.91. The van der Waals surface area contributed by atoms with E-state index in [4.69, 9.17) is 14.2 Å². The summed E-state index contributed by atoms with van der Waals surface area (Å²) in [6, 6.07) is 19.5. The first-order chi connectivity index (χ1) is 19.4. The quantitative estimate of drug-likeness (QED) is 0.312. The average molecular weight is 549 g/mol. The van der Waals surface area contributed by atoms with Crippen LogP contribution in [0, 0.1) is 11.3 Å². The molecule has 1 N–H and O–H groups in total. The number of fused-ring (bicyclic) bond motifs is 1. The minimum atomic E-state index is -1.23. The van der Waals surface area contributed by atoms with Gasteiger partial charge in [0.2, 0.25) is 11.8 Å². The number of nitrogens with one attached hydrogen (secondary N) is 1. The van der Waals surface area contributed by atoms with Crippen LogP contribution >= 0.6 is 0 Å². The monoisotopic (exact) mass is 548 g/mol. The van der Waals surface area contributed by atoms with Crippen molar-refractivity contribution in [3.63, 3.8) is 0 Å². The molecular formula is C32H40N2O6. The van der Waals surface area contributed by atoms with Gasteiger partial charge in [0.15, 0.2) is 0 Å². The first kappa shape index (κ1) is 29.5. The molecule has 1 fully saturated rings. The van der Waals surface area contributed by atoms with Crippen LogP contribution in [-0.4, -0.2) is 55.2 Å². The number of hydrogen-bond donors (Lipinski definition) is 1. The predicted molar refractivity (Wildman–Crippen MR) is 151 cm³/mol. The van der Waals surface area contributed by atoms with E-state index < -0.39 is 29.5 Å². The van der Waals surface area contributed by atoms with Crippen LogP contribution in [0.1, 0.15) is 50.7 Å². The van der Waals surface area contributed by atoms with Crippen molar-refractivity contribution in [2.75, 3.05) is 20.3 Å². The summed E-state index contributed by atoms with van der Waals surface area (Å²) in [4.78, 5) is 42.0. The van der Waals surface area contributed by atoms with Crippen molar-refractivity contribution in [3.8, 4) is 0 Å². The van der Waals surface area contributed by atoms with E-state index in [0.717, 1.165) is 24.0 Å². The van der Waals surface area contributed by atoms with E-state index in [1.807, 2.05) is 73.7 Å². The molecule has 2 heterocycles. The van der Waals surface area contributed by atoms with Crippen LogP contribution in [0.3, 0.4) is 0 Å². The van der Waals surface area contributed by atoms with E-state index in [-0.39, 0.29) is 37.8 Å². The van der Waals surface area contributed by atoms with Gasteiger partial charge in [0.25, 0.3) is 0 Å². The topological polar surface area (TPSA) is 94.2 Å². The Balaban J connectivity index is 1.65. The second-order valence-electron chi connectivity index (χ2n) is 10.6. The van der Waals surface area contributed by atoms with Crippen molar-refractivity contribution in [2.45, 2.75) is 64.9 Å². The molecule has 8 nitrogen and oxygen atoms in total. The fourth-order valence-electron chi connectivity index (χ4n) is 5.65. The number of benzene rings is 2. The largest absolute Gasteiger partial charge is 0.468 e. The third kappa shape index (κ3) is 6.62. The molecule has 2 amide bonds. The van der Waals surface area contributed by atoms with Crippen molar-refractivity contribution >= 4 is 17.8 Å². The lowest BCUT2D eigenvalue weighted by atomic mass is 9.66. The zero-order valence-electron chi connectivity index (χ0n) is 23.6. The second kappa shape index (κ2) is 13.7. The smallest absolute Gasteiger partial charge is 0.320 e. The number of amides is 2. The number of methoxy groups -OCH3 is 1. The van der Waals surface area contributed by atoms with E-state index in [0.29, 0.717) is 18.8 Å². The van der Waals surface area contributed by atoms with Crippen LogP contribution < -0.4 is 5.32 Å². The maximum absolute atomic E-state index is 14.0. The van der Waals surface area contributed by atoms with Crippen LogP contribution in [-0.2, 0) is 41.7 Å². The normalized spacial score (nSPS) is 24.2. The molecule has 2 aromatic rings. The number of rotatable bonds is 12. The Kier molecular flexibility index (Phi) is 10.1. The summed E-state index contributed by atoms with van der Waals surface area (Å²) in [6.45, 7) is 5.39. The molecule has 2 aliphatic heterocycles. The minimum Gasteiger partial charge on any atom is -0.468 e. The zero-order chi connectivity index (χ0) is 28.5. The lowest BCUT2D eigenvalue weighted by Crippen LogP contribution is -2.60. The van der Waals surface area contributed by atoms with E-state index >= 15 is 0 Å². The predicted octanol–water partition coefficient (Wildman–Crippen LogP) is 4.39. The van der Waals surface area contributed by atoms with E-state index in [9.17, 15) is 14.4 Å². The molecule has 2 aromatic carbocycles. The van der Waals surface area contributed by atoms with Crippen LogP contribution in [0.15, 0.2) is 72.4 Å². The summed E-state index contributed by atoms with van der Waals surface area (Å²) in [5.74, 6) is -1.55. The van der Waals surface area contributed by atoms with Gasteiger partial charge in [0.05, 0.1) is 33.0 Å². The van der Waals surface area contributed by atoms with Gasteiger partial charge >= 0.3 is 5.97 Å². The SMILES string of the molecule is CCCCNC(=O)C[C@H]1C[C@@]2(C(=O)OC)C(=C[C@H](COCc3ccccc3)O[C@@H]2C)N(Cc2ccccc2)C1=O. The molecule has 0 spiro atoms. The fourth-order valence-corrected chi connectivity index (χ4v) is 5.65. The van der Waals surface area contributed by atoms with E-state index in [1.165, 1.54) is 7.11 Å². The number of carbonyl (C=O) groups excluding carboxylic acids is 3. The van der Waals surface area contributed by atoms with Crippen LogP contribution in [0.2, 0.25) is 0 Å².